The van der Waals surface area contributed by atoms with Gasteiger partial charge in [0, 0.05) is 29.2 Å². The van der Waals surface area contributed by atoms with Gasteiger partial charge in [-0.1, -0.05) is 34.5 Å². The van der Waals surface area contributed by atoms with Crippen LogP contribution in [0.5, 0.6) is 0 Å². The van der Waals surface area contributed by atoms with E-state index in [2.05, 4.69) is 68.0 Å². The molecule has 2 fully saturated rings. The first-order valence-electron chi connectivity index (χ1n) is 11.4. The number of piperidine rings is 1. The molecule has 6 heteroatoms. The van der Waals surface area contributed by atoms with Crippen molar-refractivity contribution in [3.05, 3.63) is 58.0 Å². The van der Waals surface area contributed by atoms with Crippen LogP contribution in [0.25, 0.3) is 23.1 Å². The van der Waals surface area contributed by atoms with E-state index in [9.17, 15) is 0 Å². The maximum Gasteiger partial charge on any atom is 0.150 e. The Balaban J connectivity index is 1.36. The average Bonchev–Trinajstić information content (AvgIpc) is 3.17. The Morgan fingerprint density at radius 1 is 1.03 bits per heavy atom. The molecule has 162 valence electrons. The van der Waals surface area contributed by atoms with Crippen molar-refractivity contribution >= 4 is 39.0 Å². The van der Waals surface area contributed by atoms with Crippen LogP contribution in [0.15, 0.2) is 41.0 Å². The quantitative estimate of drug-likeness (QED) is 0.445. The Bertz CT molecular complexity index is 1050. The Hall–Kier alpha value is -2.02. The lowest BCUT2D eigenvalue weighted by Gasteiger charge is -2.25. The number of likely N-dealkylation sites (tertiary alicyclic amines) is 1. The zero-order valence-corrected chi connectivity index (χ0v) is 19.4. The predicted octanol–water partition coefficient (Wildman–Crippen LogP) is 6.05. The van der Waals surface area contributed by atoms with Gasteiger partial charge in [0.25, 0.3) is 0 Å². The zero-order valence-electron chi connectivity index (χ0n) is 17.8. The molecule has 2 aliphatic heterocycles. The van der Waals surface area contributed by atoms with E-state index < -0.39 is 0 Å². The van der Waals surface area contributed by atoms with Crippen molar-refractivity contribution in [2.24, 2.45) is 0 Å². The Kier molecular flexibility index (Phi) is 6.48. The van der Waals surface area contributed by atoms with Gasteiger partial charge in [0.15, 0.2) is 6.23 Å². The number of hydrogen-bond donors (Lipinski definition) is 0. The summed E-state index contributed by atoms with van der Waals surface area (Å²) in [6, 6.07) is 10.6. The summed E-state index contributed by atoms with van der Waals surface area (Å²) in [6.07, 6.45) is 13.5. The second-order valence-electron chi connectivity index (χ2n) is 8.57. The molecule has 0 saturated carbocycles. The summed E-state index contributed by atoms with van der Waals surface area (Å²) < 4.78 is 9.12. The molecule has 4 heterocycles. The summed E-state index contributed by atoms with van der Waals surface area (Å²) in [5.74, 6) is 0. The molecule has 1 aromatic carbocycles. The first-order chi connectivity index (χ1) is 15.3. The number of halogens is 1. The molecule has 1 atom stereocenters. The zero-order chi connectivity index (χ0) is 21.0. The molecule has 0 aliphatic carbocycles. The van der Waals surface area contributed by atoms with E-state index in [0.29, 0.717) is 0 Å². The van der Waals surface area contributed by atoms with Gasteiger partial charge in [0.05, 0.1) is 16.9 Å². The topological polar surface area (TPSA) is 43.2 Å². The predicted molar refractivity (Wildman–Crippen MR) is 129 cm³/mol. The van der Waals surface area contributed by atoms with E-state index in [0.717, 1.165) is 58.3 Å². The fraction of sp³-hybridized carbons (Fsp3) is 0.440. The van der Waals surface area contributed by atoms with Crippen LogP contribution >= 0.6 is 15.9 Å². The third-order valence-electron chi connectivity index (χ3n) is 6.24. The molecule has 2 aliphatic rings. The highest BCUT2D eigenvalue weighted by Crippen LogP contribution is 2.30. The third kappa shape index (κ3) is 4.92. The van der Waals surface area contributed by atoms with E-state index in [1.165, 1.54) is 38.8 Å². The average molecular weight is 481 g/mol. The summed E-state index contributed by atoms with van der Waals surface area (Å²) in [4.78, 5) is 7.20. The second kappa shape index (κ2) is 9.63. The molecule has 5 nitrogen and oxygen atoms in total. The number of ether oxygens (including phenoxy) is 1. The molecule has 5 rings (SSSR count). The van der Waals surface area contributed by atoms with Crippen molar-refractivity contribution in [2.75, 3.05) is 19.7 Å². The summed E-state index contributed by atoms with van der Waals surface area (Å²) >= 11 is 3.61. The van der Waals surface area contributed by atoms with Crippen LogP contribution in [0.2, 0.25) is 0 Å². The van der Waals surface area contributed by atoms with Gasteiger partial charge in [0.2, 0.25) is 0 Å². The summed E-state index contributed by atoms with van der Waals surface area (Å²) in [6.45, 7) is 4.15. The van der Waals surface area contributed by atoms with E-state index >= 15 is 0 Å². The highest BCUT2D eigenvalue weighted by atomic mass is 79.9. The molecule has 2 aromatic heterocycles. The lowest BCUT2D eigenvalue weighted by molar-refractivity contribution is -0.0367. The van der Waals surface area contributed by atoms with Crippen molar-refractivity contribution in [1.82, 2.24) is 19.7 Å². The van der Waals surface area contributed by atoms with Gasteiger partial charge in [-0.3, -0.25) is 9.88 Å². The fourth-order valence-electron chi connectivity index (χ4n) is 4.55. The third-order valence-corrected chi connectivity index (χ3v) is 6.73. The van der Waals surface area contributed by atoms with Crippen molar-refractivity contribution in [3.8, 4) is 0 Å². The van der Waals surface area contributed by atoms with Crippen molar-refractivity contribution in [1.29, 1.82) is 0 Å². The molecular weight excluding hydrogens is 452 g/mol. The SMILES string of the molecule is Brc1ccc2c(c1)c(C=Cc1ccc(CN3CCCCC3)nc1)nn2C1CCCCO1. The van der Waals surface area contributed by atoms with E-state index in [-0.39, 0.29) is 6.23 Å². The highest BCUT2D eigenvalue weighted by Gasteiger charge is 2.20. The molecule has 0 N–H and O–H groups in total. The minimum Gasteiger partial charge on any atom is -0.356 e. The lowest BCUT2D eigenvalue weighted by Crippen LogP contribution is -2.29. The Labute approximate surface area is 192 Å². The number of benzene rings is 1. The van der Waals surface area contributed by atoms with Gasteiger partial charge in [-0.15, -0.1) is 0 Å². The summed E-state index contributed by atoms with van der Waals surface area (Å²) in [5.41, 5.74) is 4.31. The molecular formula is C25H29BrN4O. The largest absolute Gasteiger partial charge is 0.356 e. The summed E-state index contributed by atoms with van der Waals surface area (Å²) in [5, 5.41) is 6.05. The van der Waals surface area contributed by atoms with Gasteiger partial charge in [-0.05, 0) is 81.1 Å². The monoisotopic (exact) mass is 480 g/mol. The standard InChI is InChI=1S/C25H29BrN4O/c26-20-9-12-24-22(16-20)23(28-30(24)25-6-2-5-15-31-25)11-8-19-7-10-21(27-17-19)18-29-13-3-1-4-14-29/h7-12,16-17,25H,1-6,13-15,18H2. The van der Waals surface area contributed by atoms with Crippen LogP contribution < -0.4 is 0 Å². The van der Waals surface area contributed by atoms with Gasteiger partial charge in [-0.2, -0.15) is 5.10 Å². The molecule has 0 bridgehead atoms. The Morgan fingerprint density at radius 3 is 2.71 bits per heavy atom. The number of rotatable bonds is 5. The first kappa shape index (κ1) is 20.9. The summed E-state index contributed by atoms with van der Waals surface area (Å²) in [7, 11) is 0. The normalized spacial score (nSPS) is 20.6. The van der Waals surface area contributed by atoms with Crippen molar-refractivity contribution < 1.29 is 4.74 Å². The number of pyridine rings is 1. The molecule has 0 spiro atoms. The minimum atomic E-state index is 0.0234. The molecule has 3 aromatic rings. The van der Waals surface area contributed by atoms with E-state index in [4.69, 9.17) is 14.8 Å². The van der Waals surface area contributed by atoms with Crippen LogP contribution in [0.4, 0.5) is 0 Å². The lowest BCUT2D eigenvalue weighted by atomic mass is 10.1. The molecule has 2 saturated heterocycles. The van der Waals surface area contributed by atoms with Crippen molar-refractivity contribution in [2.45, 2.75) is 51.3 Å². The second-order valence-corrected chi connectivity index (χ2v) is 9.48. The maximum absolute atomic E-state index is 6.00. The fourth-order valence-corrected chi connectivity index (χ4v) is 4.91. The minimum absolute atomic E-state index is 0.0234. The smallest absolute Gasteiger partial charge is 0.150 e. The number of nitrogens with zero attached hydrogens (tertiary/aromatic N) is 4. The molecule has 31 heavy (non-hydrogen) atoms. The van der Waals surface area contributed by atoms with Crippen LogP contribution in [0.3, 0.4) is 0 Å². The molecule has 1 unspecified atom stereocenters. The molecule has 0 amide bonds. The van der Waals surface area contributed by atoms with Gasteiger partial charge in [-0.25, -0.2) is 4.68 Å². The van der Waals surface area contributed by atoms with Crippen LogP contribution in [0.1, 0.15) is 61.7 Å². The van der Waals surface area contributed by atoms with Crippen LogP contribution in [-0.4, -0.2) is 39.4 Å². The van der Waals surface area contributed by atoms with Crippen molar-refractivity contribution in [3.63, 3.8) is 0 Å². The van der Waals surface area contributed by atoms with Gasteiger partial charge >= 0.3 is 0 Å². The molecule has 0 radical (unpaired) electrons. The maximum atomic E-state index is 6.00. The van der Waals surface area contributed by atoms with E-state index in [1.54, 1.807) is 0 Å². The van der Waals surface area contributed by atoms with Crippen LogP contribution in [0, 0.1) is 0 Å². The Morgan fingerprint density at radius 2 is 1.94 bits per heavy atom. The van der Waals surface area contributed by atoms with Gasteiger partial charge < -0.3 is 4.74 Å². The number of aromatic nitrogens is 3. The van der Waals surface area contributed by atoms with Crippen LogP contribution in [-0.2, 0) is 11.3 Å². The van der Waals surface area contributed by atoms with E-state index in [1.807, 2.05) is 6.20 Å². The highest BCUT2D eigenvalue weighted by molar-refractivity contribution is 9.10. The number of fused-ring (bicyclic) bond motifs is 1. The number of hydrogen-bond acceptors (Lipinski definition) is 4. The first-order valence-corrected chi connectivity index (χ1v) is 12.2. The van der Waals surface area contributed by atoms with Gasteiger partial charge in [0.1, 0.15) is 0 Å².